The Kier molecular flexibility index (Phi) is 7.09. The third-order valence-corrected chi connectivity index (χ3v) is 3.19. The van der Waals surface area contributed by atoms with Gasteiger partial charge in [0.15, 0.2) is 0 Å². The standard InChI is InChI=1S/C15H17ClN4O2/c1-11(21)20(7-6-17)10-13(8-18)15(22)19-9-12-4-2-3-5-14(12)16/h2-5,10H,6-7,9,17H2,1H3,(H,19,22)/b13-10-. The van der Waals surface area contributed by atoms with Gasteiger partial charge in [-0.2, -0.15) is 5.26 Å². The number of nitrogens with zero attached hydrogens (tertiary/aromatic N) is 2. The van der Waals surface area contributed by atoms with Gasteiger partial charge in [-0.15, -0.1) is 0 Å². The van der Waals surface area contributed by atoms with Crippen LogP contribution in [0, 0.1) is 11.3 Å². The van der Waals surface area contributed by atoms with Gasteiger partial charge in [-0.05, 0) is 11.6 Å². The highest BCUT2D eigenvalue weighted by molar-refractivity contribution is 6.31. The van der Waals surface area contributed by atoms with Gasteiger partial charge < -0.3 is 16.0 Å². The number of rotatable bonds is 6. The van der Waals surface area contributed by atoms with Gasteiger partial charge in [-0.1, -0.05) is 29.8 Å². The van der Waals surface area contributed by atoms with Gasteiger partial charge in [0.25, 0.3) is 5.91 Å². The second-order valence-corrected chi connectivity index (χ2v) is 4.84. The summed E-state index contributed by atoms with van der Waals surface area (Å²) >= 11 is 5.99. The number of carbonyl (C=O) groups excluding carboxylic acids is 2. The Balaban J connectivity index is 2.78. The van der Waals surface area contributed by atoms with Crippen molar-refractivity contribution < 1.29 is 9.59 Å². The predicted octanol–water partition coefficient (Wildman–Crippen LogP) is 1.17. The molecule has 0 heterocycles. The first kappa shape index (κ1) is 17.7. The second-order valence-electron chi connectivity index (χ2n) is 4.43. The molecule has 22 heavy (non-hydrogen) atoms. The van der Waals surface area contributed by atoms with Crippen molar-refractivity contribution in [2.45, 2.75) is 13.5 Å². The zero-order chi connectivity index (χ0) is 16.5. The van der Waals surface area contributed by atoms with Gasteiger partial charge in [-0.3, -0.25) is 9.59 Å². The molecule has 0 atom stereocenters. The van der Waals surface area contributed by atoms with Crippen LogP contribution in [0.15, 0.2) is 36.0 Å². The topological polar surface area (TPSA) is 99.2 Å². The summed E-state index contributed by atoms with van der Waals surface area (Å²) in [5.74, 6) is -0.872. The van der Waals surface area contributed by atoms with Gasteiger partial charge in [0.05, 0.1) is 0 Å². The molecule has 7 heteroatoms. The fourth-order valence-electron chi connectivity index (χ4n) is 1.66. The molecule has 0 aliphatic heterocycles. The molecule has 0 saturated carbocycles. The van der Waals surface area contributed by atoms with E-state index in [1.807, 2.05) is 0 Å². The Hall–Kier alpha value is -2.36. The molecule has 0 unspecified atom stereocenters. The minimum Gasteiger partial charge on any atom is -0.347 e. The Bertz CT molecular complexity index is 622. The van der Waals surface area contributed by atoms with Crippen molar-refractivity contribution >= 4 is 23.4 Å². The first-order chi connectivity index (χ1) is 10.5. The zero-order valence-corrected chi connectivity index (χ0v) is 12.9. The van der Waals surface area contributed by atoms with Crippen LogP contribution in [-0.4, -0.2) is 29.8 Å². The van der Waals surface area contributed by atoms with E-state index in [9.17, 15) is 9.59 Å². The molecule has 116 valence electrons. The van der Waals surface area contributed by atoms with Crippen LogP contribution in [0.4, 0.5) is 0 Å². The van der Waals surface area contributed by atoms with Gasteiger partial charge in [-0.25, -0.2) is 0 Å². The Morgan fingerprint density at radius 2 is 2.14 bits per heavy atom. The van der Waals surface area contributed by atoms with Crippen molar-refractivity contribution in [3.8, 4) is 6.07 Å². The van der Waals surface area contributed by atoms with Crippen LogP contribution in [0.1, 0.15) is 12.5 Å². The number of halogens is 1. The summed E-state index contributed by atoms with van der Waals surface area (Å²) in [5.41, 5.74) is 5.96. The van der Waals surface area contributed by atoms with Crippen molar-refractivity contribution in [2.24, 2.45) is 5.73 Å². The van der Waals surface area contributed by atoms with Gasteiger partial charge in [0.2, 0.25) is 5.91 Å². The molecule has 0 aromatic heterocycles. The molecule has 0 aliphatic carbocycles. The molecular weight excluding hydrogens is 304 g/mol. The SMILES string of the molecule is CC(=O)N(/C=C(/C#N)C(=O)NCc1ccccc1Cl)CCN. The van der Waals surface area contributed by atoms with E-state index in [1.165, 1.54) is 18.0 Å². The molecule has 1 aromatic carbocycles. The highest BCUT2D eigenvalue weighted by Crippen LogP contribution is 2.14. The van der Waals surface area contributed by atoms with Crippen molar-refractivity contribution in [3.05, 3.63) is 46.6 Å². The number of benzene rings is 1. The Morgan fingerprint density at radius 3 is 2.68 bits per heavy atom. The number of nitrogens with two attached hydrogens (primary N) is 1. The summed E-state index contributed by atoms with van der Waals surface area (Å²) in [6.07, 6.45) is 1.21. The monoisotopic (exact) mass is 320 g/mol. The lowest BCUT2D eigenvalue weighted by Crippen LogP contribution is -2.31. The lowest BCUT2D eigenvalue weighted by atomic mass is 10.2. The molecule has 2 amide bonds. The quantitative estimate of drug-likeness (QED) is 0.607. The van der Waals surface area contributed by atoms with E-state index < -0.39 is 5.91 Å². The van der Waals surface area contributed by atoms with Gasteiger partial charge in [0.1, 0.15) is 11.6 Å². The highest BCUT2D eigenvalue weighted by atomic mass is 35.5. The maximum atomic E-state index is 12.0. The molecule has 3 N–H and O–H groups in total. The molecule has 0 aliphatic rings. The van der Waals surface area contributed by atoms with Gasteiger partial charge in [0, 0.05) is 37.8 Å². The maximum absolute atomic E-state index is 12.0. The number of nitrogens with one attached hydrogen (secondary N) is 1. The molecular formula is C15H17ClN4O2. The third kappa shape index (κ3) is 5.20. The molecule has 1 aromatic rings. The van der Waals surface area contributed by atoms with E-state index in [-0.39, 0.29) is 31.1 Å². The van der Waals surface area contributed by atoms with Gasteiger partial charge >= 0.3 is 0 Å². The normalized spacial score (nSPS) is 10.7. The third-order valence-electron chi connectivity index (χ3n) is 2.82. The molecule has 0 fully saturated rings. The van der Waals surface area contributed by atoms with Crippen LogP contribution in [-0.2, 0) is 16.1 Å². The zero-order valence-electron chi connectivity index (χ0n) is 12.2. The van der Waals surface area contributed by atoms with E-state index in [4.69, 9.17) is 22.6 Å². The number of nitriles is 1. The number of amides is 2. The van der Waals surface area contributed by atoms with Crippen molar-refractivity contribution in [2.75, 3.05) is 13.1 Å². The summed E-state index contributed by atoms with van der Waals surface area (Å²) in [6, 6.07) is 8.84. The highest BCUT2D eigenvalue weighted by Gasteiger charge is 2.13. The smallest absolute Gasteiger partial charge is 0.263 e. The Labute approximate surface area is 134 Å². The summed E-state index contributed by atoms with van der Waals surface area (Å²) in [4.78, 5) is 24.6. The van der Waals surface area contributed by atoms with Crippen LogP contribution in [0.2, 0.25) is 5.02 Å². The average molecular weight is 321 g/mol. The first-order valence-electron chi connectivity index (χ1n) is 6.60. The largest absolute Gasteiger partial charge is 0.347 e. The summed E-state index contributed by atoms with van der Waals surface area (Å²) in [6.45, 7) is 1.99. The fourth-order valence-corrected chi connectivity index (χ4v) is 1.86. The average Bonchev–Trinajstić information content (AvgIpc) is 2.50. The van der Waals surface area contributed by atoms with Crippen LogP contribution in [0.3, 0.4) is 0 Å². The predicted molar refractivity (Wildman–Crippen MR) is 83.4 cm³/mol. The lowest BCUT2D eigenvalue weighted by Gasteiger charge is -2.15. The minimum absolute atomic E-state index is 0.171. The van der Waals surface area contributed by atoms with E-state index in [0.717, 1.165) is 5.56 Å². The van der Waals surface area contributed by atoms with E-state index in [1.54, 1.807) is 30.3 Å². The molecule has 0 spiro atoms. The Morgan fingerprint density at radius 1 is 1.45 bits per heavy atom. The maximum Gasteiger partial charge on any atom is 0.263 e. The molecule has 0 saturated heterocycles. The first-order valence-corrected chi connectivity index (χ1v) is 6.98. The van der Waals surface area contributed by atoms with Crippen LogP contribution in [0.5, 0.6) is 0 Å². The van der Waals surface area contributed by atoms with E-state index in [0.29, 0.717) is 5.02 Å². The van der Waals surface area contributed by atoms with Crippen LogP contribution >= 0.6 is 11.6 Å². The summed E-state index contributed by atoms with van der Waals surface area (Å²) in [7, 11) is 0. The summed E-state index contributed by atoms with van der Waals surface area (Å²) in [5, 5.41) is 12.2. The van der Waals surface area contributed by atoms with Crippen LogP contribution in [0.25, 0.3) is 0 Å². The van der Waals surface area contributed by atoms with E-state index in [2.05, 4.69) is 5.32 Å². The number of hydrogen-bond donors (Lipinski definition) is 2. The van der Waals surface area contributed by atoms with Crippen LogP contribution < -0.4 is 11.1 Å². The molecule has 0 radical (unpaired) electrons. The van der Waals surface area contributed by atoms with Crippen molar-refractivity contribution in [3.63, 3.8) is 0 Å². The molecule has 1 rings (SSSR count). The van der Waals surface area contributed by atoms with E-state index >= 15 is 0 Å². The summed E-state index contributed by atoms with van der Waals surface area (Å²) < 4.78 is 0. The lowest BCUT2D eigenvalue weighted by molar-refractivity contribution is -0.126. The second kappa shape index (κ2) is 8.82. The number of carbonyl (C=O) groups is 2. The number of hydrogen-bond acceptors (Lipinski definition) is 4. The minimum atomic E-state index is -0.578. The fraction of sp³-hybridized carbons (Fsp3) is 0.267. The molecule has 0 bridgehead atoms. The molecule has 6 nitrogen and oxygen atoms in total. The van der Waals surface area contributed by atoms with Crippen molar-refractivity contribution in [1.82, 2.24) is 10.2 Å². The van der Waals surface area contributed by atoms with Crippen molar-refractivity contribution in [1.29, 1.82) is 5.26 Å².